The van der Waals surface area contributed by atoms with E-state index in [1.54, 1.807) is 12.1 Å². The first kappa shape index (κ1) is 32.3. The molecule has 16 heteroatoms. The van der Waals surface area contributed by atoms with Gasteiger partial charge in [-0.05, 0) is 93.6 Å². The van der Waals surface area contributed by atoms with E-state index in [0.717, 1.165) is 50.8 Å². The normalized spacial score (nSPS) is 18.8. The zero-order valence-electron chi connectivity index (χ0n) is 24.7. The maximum atomic E-state index is 13.1. The standard InChI is InChI=1S/C30H33ClF3N7O4S/c31-21-6-4-20(5-7-21)29(14-15-29)39-26-36-25(37-27(38-26)45-19-30(32,33)34)35-22-8-10-23(11-9-22)46(43,44)40-24(42)28(12-13-28)18-41-16-2-1-3-17-41/h4-11H,1-3,12-19H2,(H,40,42)(H2,35,36,37,38,39). The maximum absolute atomic E-state index is 13.1. The van der Waals surface area contributed by atoms with Crippen molar-refractivity contribution in [3.63, 3.8) is 0 Å². The van der Waals surface area contributed by atoms with Crippen LogP contribution in [-0.4, -0.2) is 66.6 Å². The van der Waals surface area contributed by atoms with Gasteiger partial charge in [0.25, 0.3) is 10.0 Å². The van der Waals surface area contributed by atoms with Gasteiger partial charge in [-0.3, -0.25) is 4.79 Å². The topological polar surface area (TPSA) is 138 Å². The summed E-state index contributed by atoms with van der Waals surface area (Å²) in [5, 5.41) is 6.62. The first-order valence-electron chi connectivity index (χ1n) is 15.0. The van der Waals surface area contributed by atoms with Gasteiger partial charge in [-0.2, -0.15) is 28.1 Å². The maximum Gasteiger partial charge on any atom is 0.422 e. The Labute approximate surface area is 269 Å². The fourth-order valence-electron chi connectivity index (χ4n) is 5.56. The van der Waals surface area contributed by atoms with E-state index < -0.39 is 45.7 Å². The second-order valence-corrected chi connectivity index (χ2v) is 14.2. The number of carbonyl (C=O) groups excluding carboxylic acids is 1. The number of hydrogen-bond acceptors (Lipinski definition) is 10. The average Bonchev–Trinajstić information content (AvgIpc) is 3.95. The molecule has 2 heterocycles. The van der Waals surface area contributed by atoms with Crippen LogP contribution in [0.25, 0.3) is 0 Å². The van der Waals surface area contributed by atoms with Gasteiger partial charge in [0.15, 0.2) is 6.61 Å². The summed E-state index contributed by atoms with van der Waals surface area (Å²) < 4.78 is 71.9. The Morgan fingerprint density at radius 2 is 1.57 bits per heavy atom. The van der Waals surface area contributed by atoms with E-state index in [0.29, 0.717) is 30.1 Å². The minimum absolute atomic E-state index is 0.0115. The van der Waals surface area contributed by atoms with E-state index in [9.17, 15) is 26.4 Å². The Morgan fingerprint density at radius 3 is 2.17 bits per heavy atom. The van der Waals surface area contributed by atoms with Crippen LogP contribution in [0, 0.1) is 5.41 Å². The van der Waals surface area contributed by atoms with Crippen molar-refractivity contribution in [1.29, 1.82) is 0 Å². The van der Waals surface area contributed by atoms with E-state index in [4.69, 9.17) is 16.3 Å². The number of aromatic nitrogens is 3. The van der Waals surface area contributed by atoms with Gasteiger partial charge >= 0.3 is 12.2 Å². The van der Waals surface area contributed by atoms with Crippen LogP contribution < -0.4 is 20.1 Å². The zero-order chi connectivity index (χ0) is 32.6. The molecule has 1 aliphatic heterocycles. The third kappa shape index (κ3) is 7.81. The van der Waals surface area contributed by atoms with Crippen LogP contribution in [-0.2, 0) is 20.4 Å². The summed E-state index contributed by atoms with van der Waals surface area (Å²) in [4.78, 5) is 27.5. The molecule has 1 amide bonds. The SMILES string of the molecule is O=C(NS(=O)(=O)c1ccc(Nc2nc(NC3(c4ccc(Cl)cc4)CC3)nc(OCC(F)(F)F)n2)cc1)C1(CN2CCCCC2)CC1. The molecule has 2 aliphatic carbocycles. The lowest BCUT2D eigenvalue weighted by Crippen LogP contribution is -2.44. The molecule has 0 radical (unpaired) electrons. The molecular weight excluding hydrogens is 647 g/mol. The number of likely N-dealkylation sites (tertiary alicyclic amines) is 1. The Hall–Kier alpha value is -3.69. The number of sulfonamides is 1. The van der Waals surface area contributed by atoms with Crippen molar-refractivity contribution >= 4 is 45.1 Å². The number of hydrogen-bond donors (Lipinski definition) is 3. The Kier molecular flexibility index (Phi) is 8.76. The van der Waals surface area contributed by atoms with Gasteiger partial charge in [0.2, 0.25) is 17.8 Å². The van der Waals surface area contributed by atoms with Crippen molar-refractivity contribution in [3.8, 4) is 6.01 Å². The van der Waals surface area contributed by atoms with Crippen molar-refractivity contribution in [1.82, 2.24) is 24.6 Å². The molecule has 0 unspecified atom stereocenters. The Balaban J connectivity index is 1.15. The van der Waals surface area contributed by atoms with Crippen LogP contribution in [0.4, 0.5) is 30.8 Å². The predicted octanol–water partition coefficient (Wildman–Crippen LogP) is 5.38. The number of ether oxygens (including phenoxy) is 1. The van der Waals surface area contributed by atoms with Crippen LogP contribution in [0.1, 0.15) is 50.5 Å². The summed E-state index contributed by atoms with van der Waals surface area (Å²) in [6.07, 6.45) is 1.45. The molecule has 2 saturated carbocycles. The summed E-state index contributed by atoms with van der Waals surface area (Å²) in [6.45, 7) is 0.771. The monoisotopic (exact) mass is 679 g/mol. The van der Waals surface area contributed by atoms with Crippen LogP contribution in [0.2, 0.25) is 5.02 Å². The van der Waals surface area contributed by atoms with Gasteiger partial charge < -0.3 is 20.3 Å². The molecule has 1 aromatic heterocycles. The van der Waals surface area contributed by atoms with E-state index in [2.05, 4.69) is 35.2 Å². The minimum Gasteiger partial charge on any atom is -0.454 e. The average molecular weight is 680 g/mol. The third-order valence-electron chi connectivity index (χ3n) is 8.44. The summed E-state index contributed by atoms with van der Waals surface area (Å²) in [6, 6.07) is 12.1. The summed E-state index contributed by atoms with van der Waals surface area (Å²) in [5.41, 5.74) is 0.0337. The van der Waals surface area contributed by atoms with Crippen molar-refractivity contribution in [3.05, 3.63) is 59.1 Å². The highest BCUT2D eigenvalue weighted by Crippen LogP contribution is 2.48. The van der Waals surface area contributed by atoms with E-state index in [1.807, 2.05) is 12.1 Å². The smallest absolute Gasteiger partial charge is 0.422 e. The largest absolute Gasteiger partial charge is 0.454 e. The van der Waals surface area contributed by atoms with E-state index >= 15 is 0 Å². The number of piperidine rings is 1. The molecular formula is C30H33ClF3N7O4S. The van der Waals surface area contributed by atoms with Crippen molar-refractivity contribution < 1.29 is 31.1 Å². The number of alkyl halides is 3. The molecule has 3 aliphatic rings. The molecule has 246 valence electrons. The fraction of sp³-hybridized carbons (Fsp3) is 0.467. The van der Waals surface area contributed by atoms with Crippen molar-refractivity contribution in [2.24, 2.45) is 5.41 Å². The number of halogens is 4. The van der Waals surface area contributed by atoms with Crippen LogP contribution >= 0.6 is 11.6 Å². The van der Waals surface area contributed by atoms with Crippen LogP contribution in [0.15, 0.2) is 53.4 Å². The number of amides is 1. The number of benzene rings is 2. The lowest BCUT2D eigenvalue weighted by Gasteiger charge is -2.29. The van der Waals surface area contributed by atoms with Crippen molar-refractivity contribution in [2.45, 2.75) is 61.6 Å². The van der Waals surface area contributed by atoms with Gasteiger partial charge in [0.1, 0.15) is 0 Å². The van der Waals surface area contributed by atoms with E-state index in [1.165, 1.54) is 24.3 Å². The molecule has 3 fully saturated rings. The molecule has 3 aromatic rings. The quantitative estimate of drug-likeness (QED) is 0.229. The number of rotatable bonds is 12. The lowest BCUT2D eigenvalue weighted by molar-refractivity contribution is -0.154. The predicted molar refractivity (Wildman–Crippen MR) is 164 cm³/mol. The number of nitrogens with one attached hydrogen (secondary N) is 3. The molecule has 0 bridgehead atoms. The summed E-state index contributed by atoms with van der Waals surface area (Å²) in [5.74, 6) is -0.634. The van der Waals surface area contributed by atoms with Gasteiger partial charge in [-0.25, -0.2) is 13.1 Å². The highest BCUT2D eigenvalue weighted by atomic mass is 35.5. The molecule has 1 saturated heterocycles. The van der Waals surface area contributed by atoms with Crippen LogP contribution in [0.5, 0.6) is 6.01 Å². The molecule has 0 spiro atoms. The number of anilines is 3. The van der Waals surface area contributed by atoms with Gasteiger partial charge in [0, 0.05) is 17.3 Å². The highest BCUT2D eigenvalue weighted by Gasteiger charge is 2.52. The molecule has 46 heavy (non-hydrogen) atoms. The second-order valence-electron chi connectivity index (χ2n) is 12.1. The zero-order valence-corrected chi connectivity index (χ0v) is 26.3. The van der Waals surface area contributed by atoms with Gasteiger partial charge in [-0.1, -0.05) is 30.2 Å². The summed E-state index contributed by atoms with van der Waals surface area (Å²) >= 11 is 6.02. The third-order valence-corrected chi connectivity index (χ3v) is 10.0. The summed E-state index contributed by atoms with van der Waals surface area (Å²) in [7, 11) is -4.14. The molecule has 11 nitrogen and oxygen atoms in total. The molecule has 6 rings (SSSR count). The lowest BCUT2D eigenvalue weighted by atomic mass is 10.0. The molecule has 2 aromatic carbocycles. The fourth-order valence-corrected chi connectivity index (χ4v) is 6.76. The minimum atomic E-state index is -4.61. The first-order valence-corrected chi connectivity index (χ1v) is 16.9. The molecule has 3 N–H and O–H groups in total. The second kappa shape index (κ2) is 12.5. The first-order chi connectivity index (χ1) is 21.8. The molecule has 0 atom stereocenters. The number of carbonyl (C=O) groups is 1. The van der Waals surface area contributed by atoms with Gasteiger partial charge in [0.05, 0.1) is 15.8 Å². The Morgan fingerprint density at radius 1 is 0.913 bits per heavy atom. The number of nitrogens with zero attached hydrogens (tertiary/aromatic N) is 4. The Bertz CT molecular complexity index is 1680. The van der Waals surface area contributed by atoms with E-state index in [-0.39, 0.29) is 16.8 Å². The van der Waals surface area contributed by atoms with Crippen LogP contribution in [0.3, 0.4) is 0 Å². The highest BCUT2D eigenvalue weighted by molar-refractivity contribution is 7.90. The van der Waals surface area contributed by atoms with Crippen molar-refractivity contribution in [2.75, 3.05) is 36.9 Å². The van der Waals surface area contributed by atoms with Gasteiger partial charge in [-0.15, -0.1) is 0 Å².